The van der Waals surface area contributed by atoms with Gasteiger partial charge >= 0.3 is 0 Å². The van der Waals surface area contributed by atoms with Crippen molar-refractivity contribution in [2.24, 2.45) is 0 Å². The molecule has 0 aromatic heterocycles. The molecule has 1 fully saturated rings. The average molecular weight is 251 g/mol. The number of nitrogens with zero attached hydrogens (tertiary/aromatic N) is 1. The van der Waals surface area contributed by atoms with Crippen LogP contribution in [0, 0.1) is 6.92 Å². The molecule has 1 aromatic rings. The molecule has 0 amide bonds. The Morgan fingerprint density at radius 3 is 2.88 bits per heavy atom. The third-order valence-corrected chi connectivity index (χ3v) is 4.11. The summed E-state index contributed by atoms with van der Waals surface area (Å²) in [6.07, 6.45) is 0. The SMILES string of the molecule is Cc1cccc(NCCN2CCSCC2)c1N. The van der Waals surface area contributed by atoms with Crippen LogP contribution in [0.3, 0.4) is 0 Å². The van der Waals surface area contributed by atoms with E-state index in [1.165, 1.54) is 24.6 Å². The van der Waals surface area contributed by atoms with E-state index < -0.39 is 0 Å². The zero-order valence-electron chi connectivity index (χ0n) is 10.4. The highest BCUT2D eigenvalue weighted by Crippen LogP contribution is 2.21. The first kappa shape index (κ1) is 12.6. The van der Waals surface area contributed by atoms with E-state index in [9.17, 15) is 0 Å². The van der Waals surface area contributed by atoms with Crippen LogP contribution in [0.4, 0.5) is 11.4 Å². The van der Waals surface area contributed by atoms with E-state index in [1.807, 2.05) is 25.1 Å². The van der Waals surface area contributed by atoms with Crippen molar-refractivity contribution in [3.8, 4) is 0 Å². The van der Waals surface area contributed by atoms with Crippen LogP contribution in [0.1, 0.15) is 5.56 Å². The van der Waals surface area contributed by atoms with E-state index in [0.717, 1.165) is 30.0 Å². The Morgan fingerprint density at radius 2 is 2.12 bits per heavy atom. The van der Waals surface area contributed by atoms with Gasteiger partial charge in [0.05, 0.1) is 11.4 Å². The highest BCUT2D eigenvalue weighted by Gasteiger charge is 2.09. The fraction of sp³-hybridized carbons (Fsp3) is 0.538. The lowest BCUT2D eigenvalue weighted by Crippen LogP contribution is -2.36. The molecule has 0 spiro atoms. The van der Waals surface area contributed by atoms with E-state index in [0.29, 0.717) is 0 Å². The fourth-order valence-electron chi connectivity index (χ4n) is 2.01. The van der Waals surface area contributed by atoms with Gasteiger partial charge in [0.15, 0.2) is 0 Å². The van der Waals surface area contributed by atoms with Crippen LogP contribution in [-0.2, 0) is 0 Å². The number of nitrogens with one attached hydrogen (secondary N) is 1. The maximum Gasteiger partial charge on any atom is 0.0579 e. The zero-order valence-corrected chi connectivity index (χ0v) is 11.2. The molecule has 1 saturated heterocycles. The summed E-state index contributed by atoms with van der Waals surface area (Å²) in [7, 11) is 0. The first-order chi connectivity index (χ1) is 8.27. The zero-order chi connectivity index (χ0) is 12.1. The largest absolute Gasteiger partial charge is 0.397 e. The van der Waals surface area contributed by atoms with Crippen LogP contribution < -0.4 is 11.1 Å². The lowest BCUT2D eigenvalue weighted by molar-refractivity contribution is 0.314. The molecule has 17 heavy (non-hydrogen) atoms. The van der Waals surface area contributed by atoms with Crippen molar-refractivity contribution in [3.63, 3.8) is 0 Å². The maximum absolute atomic E-state index is 6.02. The molecule has 0 unspecified atom stereocenters. The monoisotopic (exact) mass is 251 g/mol. The third-order valence-electron chi connectivity index (χ3n) is 3.17. The summed E-state index contributed by atoms with van der Waals surface area (Å²) in [5, 5.41) is 3.43. The molecule has 0 saturated carbocycles. The predicted octanol–water partition coefficient (Wildman–Crippen LogP) is 2.04. The van der Waals surface area contributed by atoms with Gasteiger partial charge in [0.1, 0.15) is 0 Å². The van der Waals surface area contributed by atoms with Crippen molar-refractivity contribution in [3.05, 3.63) is 23.8 Å². The van der Waals surface area contributed by atoms with Crippen LogP contribution >= 0.6 is 11.8 Å². The summed E-state index contributed by atoms with van der Waals surface area (Å²) >= 11 is 2.05. The van der Waals surface area contributed by atoms with Crippen LogP contribution in [-0.4, -0.2) is 42.6 Å². The van der Waals surface area contributed by atoms with Gasteiger partial charge in [-0.15, -0.1) is 0 Å². The van der Waals surface area contributed by atoms with Gasteiger partial charge in [-0.05, 0) is 18.6 Å². The van der Waals surface area contributed by atoms with Gasteiger partial charge in [0, 0.05) is 37.7 Å². The maximum atomic E-state index is 6.02. The normalized spacial score (nSPS) is 17.0. The van der Waals surface area contributed by atoms with Gasteiger partial charge in [-0.2, -0.15) is 11.8 Å². The standard InChI is InChI=1S/C13H21N3S/c1-11-3-2-4-12(13(11)14)15-5-6-16-7-9-17-10-8-16/h2-4,15H,5-10,14H2,1H3. The number of anilines is 2. The molecule has 1 aliphatic rings. The topological polar surface area (TPSA) is 41.3 Å². The van der Waals surface area contributed by atoms with Crippen LogP contribution in [0.2, 0.25) is 0 Å². The molecular formula is C13H21N3S. The number of rotatable bonds is 4. The molecule has 1 heterocycles. The number of para-hydroxylation sites is 1. The number of nitrogen functional groups attached to an aromatic ring is 1. The van der Waals surface area contributed by atoms with E-state index in [1.54, 1.807) is 0 Å². The highest BCUT2D eigenvalue weighted by atomic mass is 32.2. The minimum Gasteiger partial charge on any atom is -0.397 e. The smallest absolute Gasteiger partial charge is 0.0579 e. The molecular weight excluding hydrogens is 230 g/mol. The Hall–Kier alpha value is -0.870. The molecule has 2 rings (SSSR count). The van der Waals surface area contributed by atoms with Crippen LogP contribution in [0.15, 0.2) is 18.2 Å². The molecule has 4 heteroatoms. The Morgan fingerprint density at radius 1 is 1.35 bits per heavy atom. The molecule has 0 atom stereocenters. The van der Waals surface area contributed by atoms with Gasteiger partial charge in [0.25, 0.3) is 0 Å². The lowest BCUT2D eigenvalue weighted by atomic mass is 10.2. The Labute approximate surface area is 108 Å². The van der Waals surface area contributed by atoms with Gasteiger partial charge in [-0.1, -0.05) is 12.1 Å². The number of aryl methyl sites for hydroxylation is 1. The Bertz CT molecular complexity index is 362. The molecule has 0 bridgehead atoms. The Kier molecular flexibility index (Phi) is 4.57. The summed E-state index contributed by atoms with van der Waals surface area (Å²) in [5.74, 6) is 2.54. The minimum absolute atomic E-state index is 0.877. The van der Waals surface area contributed by atoms with Gasteiger partial charge in [-0.25, -0.2) is 0 Å². The number of thioether (sulfide) groups is 1. The lowest BCUT2D eigenvalue weighted by Gasteiger charge is -2.26. The third kappa shape index (κ3) is 3.54. The van der Waals surface area contributed by atoms with E-state index >= 15 is 0 Å². The van der Waals surface area contributed by atoms with Gasteiger partial charge < -0.3 is 11.1 Å². The van der Waals surface area contributed by atoms with Crippen LogP contribution in [0.25, 0.3) is 0 Å². The van der Waals surface area contributed by atoms with Crippen molar-refractivity contribution < 1.29 is 0 Å². The first-order valence-corrected chi connectivity index (χ1v) is 7.32. The molecule has 0 aliphatic carbocycles. The predicted molar refractivity (Wildman–Crippen MR) is 77.8 cm³/mol. The second-order valence-electron chi connectivity index (χ2n) is 4.42. The summed E-state index contributed by atoms with van der Waals surface area (Å²) in [4.78, 5) is 2.51. The highest BCUT2D eigenvalue weighted by molar-refractivity contribution is 7.99. The van der Waals surface area contributed by atoms with E-state index in [4.69, 9.17) is 5.73 Å². The van der Waals surface area contributed by atoms with Crippen LogP contribution in [0.5, 0.6) is 0 Å². The fourth-order valence-corrected chi connectivity index (χ4v) is 2.99. The molecule has 1 aromatic carbocycles. The number of hydrogen-bond acceptors (Lipinski definition) is 4. The molecule has 0 radical (unpaired) electrons. The van der Waals surface area contributed by atoms with Crippen molar-refractivity contribution in [2.75, 3.05) is 48.7 Å². The van der Waals surface area contributed by atoms with Crippen molar-refractivity contribution in [1.29, 1.82) is 0 Å². The number of nitrogens with two attached hydrogens (primary N) is 1. The summed E-state index contributed by atoms with van der Waals surface area (Å²) in [6, 6.07) is 6.14. The minimum atomic E-state index is 0.877. The molecule has 1 aliphatic heterocycles. The second kappa shape index (κ2) is 6.17. The Balaban J connectivity index is 1.79. The van der Waals surface area contributed by atoms with Crippen molar-refractivity contribution >= 4 is 23.1 Å². The average Bonchev–Trinajstić information content (AvgIpc) is 2.36. The summed E-state index contributed by atoms with van der Waals surface area (Å²) in [6.45, 7) is 6.56. The number of benzene rings is 1. The summed E-state index contributed by atoms with van der Waals surface area (Å²) < 4.78 is 0. The van der Waals surface area contributed by atoms with Crippen molar-refractivity contribution in [2.45, 2.75) is 6.92 Å². The number of hydrogen-bond donors (Lipinski definition) is 2. The van der Waals surface area contributed by atoms with Crippen molar-refractivity contribution in [1.82, 2.24) is 4.90 Å². The van der Waals surface area contributed by atoms with E-state index in [2.05, 4.69) is 22.0 Å². The van der Waals surface area contributed by atoms with E-state index in [-0.39, 0.29) is 0 Å². The first-order valence-electron chi connectivity index (χ1n) is 6.16. The second-order valence-corrected chi connectivity index (χ2v) is 5.64. The summed E-state index contributed by atoms with van der Waals surface area (Å²) in [5.41, 5.74) is 9.11. The van der Waals surface area contributed by atoms with Gasteiger partial charge in [-0.3, -0.25) is 4.90 Å². The quantitative estimate of drug-likeness (QED) is 0.804. The molecule has 94 valence electrons. The molecule has 3 nitrogen and oxygen atoms in total. The van der Waals surface area contributed by atoms with Gasteiger partial charge in [0.2, 0.25) is 0 Å². The molecule has 3 N–H and O–H groups in total.